The Morgan fingerprint density at radius 1 is 1.10 bits per heavy atom. The Kier molecular flexibility index (Phi) is 6.40. The van der Waals surface area contributed by atoms with Gasteiger partial charge in [-0.3, -0.25) is 4.79 Å². The van der Waals surface area contributed by atoms with E-state index in [0.29, 0.717) is 5.82 Å². The van der Waals surface area contributed by atoms with Crippen LogP contribution in [0.1, 0.15) is 17.0 Å². The maximum atomic E-state index is 12.3. The van der Waals surface area contributed by atoms with Crippen LogP contribution < -0.4 is 5.32 Å². The number of sulfonamides is 1. The van der Waals surface area contributed by atoms with Gasteiger partial charge in [-0.15, -0.1) is 0 Å². The molecule has 8 nitrogen and oxygen atoms in total. The molecular weight excluding hydrogens is 392 g/mol. The van der Waals surface area contributed by atoms with E-state index in [1.807, 2.05) is 61.5 Å². The normalized spacial score (nSPS) is 11.6. The summed E-state index contributed by atoms with van der Waals surface area (Å²) in [5.74, 6) is 0.204. The highest BCUT2D eigenvalue weighted by Gasteiger charge is 2.21. The van der Waals surface area contributed by atoms with Gasteiger partial charge in [-0.25, -0.2) is 8.42 Å². The highest BCUT2D eigenvalue weighted by molar-refractivity contribution is 7.88. The smallest absolute Gasteiger partial charge is 0.246 e. The van der Waals surface area contributed by atoms with Crippen molar-refractivity contribution in [1.29, 1.82) is 0 Å². The Bertz CT molecular complexity index is 1060. The van der Waals surface area contributed by atoms with Crippen LogP contribution in [0.5, 0.6) is 0 Å². The fourth-order valence-electron chi connectivity index (χ4n) is 2.61. The van der Waals surface area contributed by atoms with Crippen LogP contribution >= 0.6 is 0 Å². The van der Waals surface area contributed by atoms with Crippen LogP contribution in [-0.4, -0.2) is 41.6 Å². The molecule has 0 atom stereocenters. The van der Waals surface area contributed by atoms with Crippen molar-refractivity contribution >= 4 is 15.9 Å². The first-order valence-corrected chi connectivity index (χ1v) is 10.8. The molecular formula is C20H22N4O4S. The van der Waals surface area contributed by atoms with Gasteiger partial charge in [-0.2, -0.15) is 9.29 Å². The van der Waals surface area contributed by atoms with Crippen LogP contribution in [0.15, 0.2) is 59.1 Å². The molecule has 3 rings (SSSR count). The zero-order valence-corrected chi connectivity index (χ0v) is 17.0. The summed E-state index contributed by atoms with van der Waals surface area (Å²) in [5, 5.41) is 6.50. The number of rotatable bonds is 8. The second-order valence-corrected chi connectivity index (χ2v) is 8.65. The average molecular weight is 414 g/mol. The van der Waals surface area contributed by atoms with Gasteiger partial charge in [-0.1, -0.05) is 65.3 Å². The second kappa shape index (κ2) is 8.97. The van der Waals surface area contributed by atoms with Gasteiger partial charge >= 0.3 is 0 Å². The predicted molar refractivity (Wildman–Crippen MR) is 108 cm³/mol. The van der Waals surface area contributed by atoms with Crippen molar-refractivity contribution in [2.75, 3.05) is 12.8 Å². The fourth-order valence-corrected chi connectivity index (χ4v) is 3.34. The van der Waals surface area contributed by atoms with Crippen molar-refractivity contribution in [2.45, 2.75) is 20.0 Å². The molecule has 0 aliphatic carbocycles. The largest absolute Gasteiger partial charge is 0.346 e. The van der Waals surface area contributed by atoms with Crippen molar-refractivity contribution in [3.05, 3.63) is 71.6 Å². The SMILES string of the molecule is Cc1ccc(CN(CC(=O)NCc2nc(-c3ccccc3)no2)S(C)(=O)=O)cc1. The minimum absolute atomic E-state index is 0.0147. The second-order valence-electron chi connectivity index (χ2n) is 6.67. The molecule has 0 saturated carbocycles. The van der Waals surface area contributed by atoms with Crippen molar-refractivity contribution < 1.29 is 17.7 Å². The van der Waals surface area contributed by atoms with E-state index in [1.54, 1.807) is 0 Å². The third-order valence-electron chi connectivity index (χ3n) is 4.21. The zero-order valence-electron chi connectivity index (χ0n) is 16.2. The van der Waals surface area contributed by atoms with Crippen LogP contribution in [0.3, 0.4) is 0 Å². The number of nitrogens with one attached hydrogen (secondary N) is 1. The Hall–Kier alpha value is -3.04. The number of aromatic nitrogens is 2. The Balaban J connectivity index is 1.59. The lowest BCUT2D eigenvalue weighted by molar-refractivity contribution is -0.121. The van der Waals surface area contributed by atoms with E-state index < -0.39 is 15.9 Å². The Morgan fingerprint density at radius 2 is 1.79 bits per heavy atom. The molecule has 0 saturated heterocycles. The molecule has 1 heterocycles. The summed E-state index contributed by atoms with van der Waals surface area (Å²) < 4.78 is 30.4. The number of amides is 1. The van der Waals surface area contributed by atoms with Gasteiger partial charge in [0, 0.05) is 12.1 Å². The first-order chi connectivity index (χ1) is 13.8. The zero-order chi connectivity index (χ0) is 20.9. The number of nitrogens with zero attached hydrogens (tertiary/aromatic N) is 3. The van der Waals surface area contributed by atoms with Gasteiger partial charge in [0.25, 0.3) is 0 Å². The Labute approximate surface area is 169 Å². The van der Waals surface area contributed by atoms with Crippen LogP contribution in [0.4, 0.5) is 0 Å². The van der Waals surface area contributed by atoms with E-state index in [-0.39, 0.29) is 25.5 Å². The van der Waals surface area contributed by atoms with Crippen molar-refractivity contribution in [1.82, 2.24) is 19.8 Å². The minimum Gasteiger partial charge on any atom is -0.346 e. The summed E-state index contributed by atoms with van der Waals surface area (Å²) >= 11 is 0. The molecule has 0 aliphatic heterocycles. The van der Waals surface area contributed by atoms with Crippen molar-refractivity contribution in [3.8, 4) is 11.4 Å². The van der Waals surface area contributed by atoms with Crippen LogP contribution in [0.2, 0.25) is 0 Å². The predicted octanol–water partition coefficient (Wildman–Crippen LogP) is 2.12. The lowest BCUT2D eigenvalue weighted by Gasteiger charge is -2.19. The van der Waals surface area contributed by atoms with Crippen LogP contribution in [-0.2, 0) is 27.9 Å². The highest BCUT2D eigenvalue weighted by atomic mass is 32.2. The molecule has 3 aromatic rings. The van der Waals surface area contributed by atoms with Gasteiger partial charge < -0.3 is 9.84 Å². The standard InChI is InChI=1S/C20H22N4O4S/c1-15-8-10-16(11-9-15)13-24(29(2,26)27)14-18(25)21-12-19-22-20(23-28-19)17-6-4-3-5-7-17/h3-11H,12-14H2,1-2H3,(H,21,25). The van der Waals surface area contributed by atoms with Gasteiger partial charge in [0.05, 0.1) is 19.3 Å². The third kappa shape index (κ3) is 5.97. The average Bonchev–Trinajstić information content (AvgIpc) is 3.17. The first-order valence-electron chi connectivity index (χ1n) is 8.96. The maximum absolute atomic E-state index is 12.3. The van der Waals surface area contributed by atoms with E-state index in [1.165, 1.54) is 0 Å². The molecule has 1 amide bonds. The van der Waals surface area contributed by atoms with Crippen molar-refractivity contribution in [3.63, 3.8) is 0 Å². The van der Waals surface area contributed by atoms with E-state index in [9.17, 15) is 13.2 Å². The molecule has 152 valence electrons. The molecule has 1 aromatic heterocycles. The van der Waals surface area contributed by atoms with Gasteiger partial charge in [-0.05, 0) is 12.5 Å². The number of aryl methyl sites for hydroxylation is 1. The summed E-state index contributed by atoms with van der Waals surface area (Å²) in [5.41, 5.74) is 2.68. The minimum atomic E-state index is -3.56. The molecule has 1 N–H and O–H groups in total. The summed E-state index contributed by atoms with van der Waals surface area (Å²) in [7, 11) is -3.56. The van der Waals surface area contributed by atoms with E-state index >= 15 is 0 Å². The quantitative estimate of drug-likeness (QED) is 0.605. The molecule has 0 radical (unpaired) electrons. The summed E-state index contributed by atoms with van der Waals surface area (Å²) in [4.78, 5) is 16.5. The van der Waals surface area contributed by atoms with Gasteiger partial charge in [0.1, 0.15) is 0 Å². The fraction of sp³-hybridized carbons (Fsp3) is 0.250. The van der Waals surface area contributed by atoms with E-state index in [2.05, 4.69) is 15.5 Å². The lowest BCUT2D eigenvalue weighted by atomic mass is 10.1. The van der Waals surface area contributed by atoms with Crippen LogP contribution in [0.25, 0.3) is 11.4 Å². The lowest BCUT2D eigenvalue weighted by Crippen LogP contribution is -2.39. The summed E-state index contributed by atoms with van der Waals surface area (Å²) in [6, 6.07) is 16.8. The summed E-state index contributed by atoms with van der Waals surface area (Å²) in [6.45, 7) is 1.78. The van der Waals surface area contributed by atoms with E-state index in [4.69, 9.17) is 4.52 Å². The molecule has 9 heteroatoms. The monoisotopic (exact) mass is 414 g/mol. The van der Waals surface area contributed by atoms with Gasteiger partial charge in [0.15, 0.2) is 0 Å². The third-order valence-corrected chi connectivity index (χ3v) is 5.40. The number of hydrogen-bond acceptors (Lipinski definition) is 6. The molecule has 0 unspecified atom stereocenters. The Morgan fingerprint density at radius 3 is 2.45 bits per heavy atom. The molecule has 0 spiro atoms. The van der Waals surface area contributed by atoms with Crippen LogP contribution in [0, 0.1) is 6.92 Å². The molecule has 0 aliphatic rings. The van der Waals surface area contributed by atoms with E-state index in [0.717, 1.165) is 27.3 Å². The molecule has 2 aromatic carbocycles. The number of carbonyl (C=O) groups excluding carboxylic acids is 1. The van der Waals surface area contributed by atoms with Crippen molar-refractivity contribution in [2.24, 2.45) is 0 Å². The molecule has 29 heavy (non-hydrogen) atoms. The molecule has 0 bridgehead atoms. The number of benzene rings is 2. The summed E-state index contributed by atoms with van der Waals surface area (Å²) in [6.07, 6.45) is 1.08. The number of carbonyl (C=O) groups is 1. The molecule has 0 fully saturated rings. The highest BCUT2D eigenvalue weighted by Crippen LogP contribution is 2.14. The first kappa shape index (κ1) is 20.7. The number of hydrogen-bond donors (Lipinski definition) is 1. The van der Waals surface area contributed by atoms with Gasteiger partial charge in [0.2, 0.25) is 27.6 Å². The maximum Gasteiger partial charge on any atom is 0.246 e. The topological polar surface area (TPSA) is 105 Å².